The number of carbonyl (C=O) groups excluding carboxylic acids is 1. The molecule has 0 aliphatic heterocycles. The van der Waals surface area contributed by atoms with Crippen LogP contribution in [0.1, 0.15) is 45.0 Å². The Morgan fingerprint density at radius 3 is 2.35 bits per heavy atom. The molecule has 3 nitrogen and oxygen atoms in total. The summed E-state index contributed by atoms with van der Waals surface area (Å²) in [6.45, 7) is 9.75. The van der Waals surface area contributed by atoms with E-state index in [0.29, 0.717) is 11.3 Å². The fourth-order valence-corrected chi connectivity index (χ4v) is 1.42. The molecule has 1 aromatic rings. The number of carbonyl (C=O) groups is 1. The fourth-order valence-electron chi connectivity index (χ4n) is 1.42. The van der Waals surface area contributed by atoms with Crippen molar-refractivity contribution >= 4 is 5.91 Å². The zero-order chi connectivity index (χ0) is 13.1. The Morgan fingerprint density at radius 2 is 1.82 bits per heavy atom. The Balaban J connectivity index is 2.93. The highest BCUT2D eigenvalue weighted by Crippen LogP contribution is 2.20. The Bertz CT molecular complexity index is 391. The van der Waals surface area contributed by atoms with Gasteiger partial charge in [-0.2, -0.15) is 0 Å². The maximum absolute atomic E-state index is 12.1. The number of para-hydroxylation sites is 1. The van der Waals surface area contributed by atoms with E-state index in [0.717, 1.165) is 0 Å². The number of nitrogens with one attached hydrogen (secondary N) is 1. The summed E-state index contributed by atoms with van der Waals surface area (Å²) in [5.74, 6) is 0.526. The lowest BCUT2D eigenvalue weighted by Crippen LogP contribution is -2.40. The zero-order valence-electron chi connectivity index (χ0n) is 11.2. The van der Waals surface area contributed by atoms with Gasteiger partial charge in [0.1, 0.15) is 5.75 Å². The molecule has 0 radical (unpaired) electrons. The fraction of sp³-hybridized carbons (Fsp3) is 0.500. The third-order valence-electron chi connectivity index (χ3n) is 1.98. The summed E-state index contributed by atoms with van der Waals surface area (Å²) in [6.07, 6.45) is 0.0542. The zero-order valence-corrected chi connectivity index (χ0v) is 11.2. The van der Waals surface area contributed by atoms with Crippen LogP contribution in [0.25, 0.3) is 0 Å². The van der Waals surface area contributed by atoms with E-state index in [1.807, 2.05) is 52.8 Å². The molecule has 1 rings (SSSR count). The topological polar surface area (TPSA) is 38.3 Å². The minimum atomic E-state index is -0.248. The standard InChI is InChI=1S/C14H21NO2/c1-10(2)17-12-9-7-6-8-11(12)13(16)15-14(3,4)5/h6-10H,1-5H3,(H,15,16). The molecule has 0 aromatic heterocycles. The maximum atomic E-state index is 12.1. The molecule has 0 saturated heterocycles. The van der Waals surface area contributed by atoms with E-state index in [2.05, 4.69) is 5.32 Å². The summed E-state index contributed by atoms with van der Waals surface area (Å²) in [5.41, 5.74) is 0.332. The lowest BCUT2D eigenvalue weighted by atomic mass is 10.1. The van der Waals surface area contributed by atoms with Crippen molar-refractivity contribution in [2.45, 2.75) is 46.3 Å². The van der Waals surface area contributed by atoms with E-state index in [9.17, 15) is 4.79 Å². The Hall–Kier alpha value is -1.51. The molecule has 0 atom stereocenters. The van der Waals surface area contributed by atoms with Crippen molar-refractivity contribution in [3.8, 4) is 5.75 Å². The van der Waals surface area contributed by atoms with Crippen LogP contribution < -0.4 is 10.1 Å². The Kier molecular flexibility index (Phi) is 4.16. The molecule has 0 aliphatic carbocycles. The molecule has 0 heterocycles. The summed E-state index contributed by atoms with van der Waals surface area (Å²) in [4.78, 5) is 12.1. The first-order valence-electron chi connectivity index (χ1n) is 5.88. The third-order valence-corrected chi connectivity index (χ3v) is 1.98. The van der Waals surface area contributed by atoms with E-state index in [1.165, 1.54) is 0 Å². The molecule has 0 saturated carbocycles. The van der Waals surface area contributed by atoms with Gasteiger partial charge in [0.25, 0.3) is 5.91 Å². The predicted octanol–water partition coefficient (Wildman–Crippen LogP) is 3.00. The second kappa shape index (κ2) is 5.21. The molecule has 0 unspecified atom stereocenters. The van der Waals surface area contributed by atoms with Crippen LogP contribution in [0.2, 0.25) is 0 Å². The van der Waals surface area contributed by atoms with Gasteiger partial charge < -0.3 is 10.1 Å². The summed E-state index contributed by atoms with van der Waals surface area (Å²) < 4.78 is 5.62. The third kappa shape index (κ3) is 4.47. The van der Waals surface area contributed by atoms with E-state index in [1.54, 1.807) is 6.07 Å². The average Bonchev–Trinajstić information content (AvgIpc) is 2.14. The molecule has 1 N–H and O–H groups in total. The summed E-state index contributed by atoms with van der Waals surface area (Å²) >= 11 is 0. The first-order valence-corrected chi connectivity index (χ1v) is 5.88. The van der Waals surface area contributed by atoms with Crippen LogP contribution in [-0.4, -0.2) is 17.6 Å². The minimum absolute atomic E-state index is 0.0542. The van der Waals surface area contributed by atoms with Gasteiger partial charge in [-0.1, -0.05) is 12.1 Å². The van der Waals surface area contributed by atoms with Crippen molar-refractivity contribution < 1.29 is 9.53 Å². The van der Waals surface area contributed by atoms with Crippen molar-refractivity contribution in [1.82, 2.24) is 5.32 Å². The first-order chi connectivity index (χ1) is 7.79. The van der Waals surface area contributed by atoms with Gasteiger partial charge in [-0.05, 0) is 46.8 Å². The SMILES string of the molecule is CC(C)Oc1ccccc1C(=O)NC(C)(C)C. The number of hydrogen-bond donors (Lipinski definition) is 1. The minimum Gasteiger partial charge on any atom is -0.490 e. The van der Waals surface area contributed by atoms with Crippen molar-refractivity contribution in [3.05, 3.63) is 29.8 Å². The van der Waals surface area contributed by atoms with Crippen LogP contribution in [0, 0.1) is 0 Å². The van der Waals surface area contributed by atoms with Crippen molar-refractivity contribution in [1.29, 1.82) is 0 Å². The summed E-state index contributed by atoms with van der Waals surface area (Å²) in [5, 5.41) is 2.93. The molecule has 1 amide bonds. The maximum Gasteiger partial charge on any atom is 0.255 e. The van der Waals surface area contributed by atoms with Crippen LogP contribution in [0.4, 0.5) is 0 Å². The van der Waals surface area contributed by atoms with Crippen LogP contribution in [-0.2, 0) is 0 Å². The lowest BCUT2D eigenvalue weighted by molar-refractivity contribution is 0.0913. The smallest absolute Gasteiger partial charge is 0.255 e. The number of ether oxygens (including phenoxy) is 1. The van der Waals surface area contributed by atoms with Gasteiger partial charge in [0.2, 0.25) is 0 Å². The molecule has 0 bridgehead atoms. The molecule has 0 fully saturated rings. The molecule has 3 heteroatoms. The average molecular weight is 235 g/mol. The second-order valence-corrected chi connectivity index (χ2v) is 5.37. The van der Waals surface area contributed by atoms with Crippen molar-refractivity contribution in [3.63, 3.8) is 0 Å². The number of hydrogen-bond acceptors (Lipinski definition) is 2. The van der Waals surface area contributed by atoms with Crippen molar-refractivity contribution in [2.24, 2.45) is 0 Å². The predicted molar refractivity (Wildman–Crippen MR) is 69.4 cm³/mol. The molecule has 17 heavy (non-hydrogen) atoms. The normalized spacial score (nSPS) is 11.4. The van der Waals surface area contributed by atoms with Gasteiger partial charge >= 0.3 is 0 Å². The van der Waals surface area contributed by atoms with Crippen LogP contribution in [0.3, 0.4) is 0 Å². The molecule has 1 aromatic carbocycles. The highest BCUT2D eigenvalue weighted by molar-refractivity contribution is 5.97. The quantitative estimate of drug-likeness (QED) is 0.874. The van der Waals surface area contributed by atoms with Crippen molar-refractivity contribution in [2.75, 3.05) is 0 Å². The molecular weight excluding hydrogens is 214 g/mol. The van der Waals surface area contributed by atoms with E-state index in [-0.39, 0.29) is 17.6 Å². The van der Waals surface area contributed by atoms with Gasteiger partial charge in [-0.15, -0.1) is 0 Å². The molecule has 94 valence electrons. The largest absolute Gasteiger partial charge is 0.490 e. The van der Waals surface area contributed by atoms with Gasteiger partial charge in [-0.3, -0.25) is 4.79 Å². The van der Waals surface area contributed by atoms with Crippen LogP contribution in [0.5, 0.6) is 5.75 Å². The molecular formula is C14H21NO2. The molecule has 0 spiro atoms. The lowest BCUT2D eigenvalue weighted by Gasteiger charge is -2.22. The van der Waals surface area contributed by atoms with E-state index in [4.69, 9.17) is 4.74 Å². The highest BCUT2D eigenvalue weighted by Gasteiger charge is 2.18. The first kappa shape index (κ1) is 13.6. The summed E-state index contributed by atoms with van der Waals surface area (Å²) in [7, 11) is 0. The number of amides is 1. The number of rotatable bonds is 3. The number of benzene rings is 1. The van der Waals surface area contributed by atoms with Crippen LogP contribution in [0.15, 0.2) is 24.3 Å². The monoisotopic (exact) mass is 235 g/mol. The Labute approximate surface area is 103 Å². The summed E-state index contributed by atoms with van der Waals surface area (Å²) in [6, 6.07) is 7.30. The van der Waals surface area contributed by atoms with Gasteiger partial charge in [-0.25, -0.2) is 0 Å². The van der Waals surface area contributed by atoms with E-state index < -0.39 is 0 Å². The highest BCUT2D eigenvalue weighted by atomic mass is 16.5. The second-order valence-electron chi connectivity index (χ2n) is 5.37. The Morgan fingerprint density at radius 1 is 1.24 bits per heavy atom. The van der Waals surface area contributed by atoms with Crippen LogP contribution >= 0.6 is 0 Å². The van der Waals surface area contributed by atoms with E-state index >= 15 is 0 Å². The molecule has 0 aliphatic rings. The van der Waals surface area contributed by atoms with Gasteiger partial charge in [0, 0.05) is 5.54 Å². The van der Waals surface area contributed by atoms with Gasteiger partial charge in [0.15, 0.2) is 0 Å². The van der Waals surface area contributed by atoms with Gasteiger partial charge in [0.05, 0.1) is 11.7 Å².